The fourth-order valence-electron chi connectivity index (χ4n) is 4.11. The van der Waals surface area contributed by atoms with Crippen molar-refractivity contribution in [2.24, 2.45) is 0 Å². The predicted molar refractivity (Wildman–Crippen MR) is 113 cm³/mol. The first-order chi connectivity index (χ1) is 13.5. The smallest absolute Gasteiger partial charge is 0.377 e. The fraction of sp³-hybridized carbons (Fsp3) is 0.348. The van der Waals surface area contributed by atoms with Crippen molar-refractivity contribution in [3.8, 4) is 11.1 Å². The average molecular weight is 397 g/mol. The zero-order chi connectivity index (χ0) is 20.3. The maximum atomic E-state index is 13.1. The lowest BCUT2D eigenvalue weighted by Gasteiger charge is -2.27. The molecule has 0 aliphatic heterocycles. The molecular weight excluding hydrogens is 368 g/mol. The standard InChI is InChI=1S/C23H28O4Si/c1-16(2)23(24)21(13-14-28(25-3,26-4)27-5)20-12-8-11-19-18-10-7-6-9-17(18)15-22(19)20/h6-12,21H,1,13-15H2,2-5H3. The molecule has 2 aromatic rings. The monoisotopic (exact) mass is 396 g/mol. The molecule has 0 bridgehead atoms. The lowest BCUT2D eigenvalue weighted by molar-refractivity contribution is -0.117. The van der Waals surface area contributed by atoms with E-state index in [0.717, 1.165) is 12.0 Å². The van der Waals surface area contributed by atoms with Gasteiger partial charge in [0.05, 0.1) is 0 Å². The van der Waals surface area contributed by atoms with Gasteiger partial charge in [0.15, 0.2) is 5.78 Å². The molecule has 0 heterocycles. The Kier molecular flexibility index (Phi) is 6.30. The molecule has 0 spiro atoms. The molecule has 1 unspecified atom stereocenters. The minimum atomic E-state index is -2.76. The van der Waals surface area contributed by atoms with Crippen LogP contribution in [0.1, 0.15) is 36.0 Å². The Labute approximate surface area is 168 Å². The van der Waals surface area contributed by atoms with Crippen molar-refractivity contribution in [3.63, 3.8) is 0 Å². The number of fused-ring (bicyclic) bond motifs is 3. The zero-order valence-corrected chi connectivity index (χ0v) is 18.1. The van der Waals surface area contributed by atoms with Crippen molar-refractivity contribution < 1.29 is 18.1 Å². The van der Waals surface area contributed by atoms with E-state index in [1.807, 2.05) is 6.07 Å². The minimum Gasteiger partial charge on any atom is -0.377 e. The van der Waals surface area contributed by atoms with Gasteiger partial charge < -0.3 is 13.3 Å². The summed E-state index contributed by atoms with van der Waals surface area (Å²) in [6, 6.07) is 15.3. The van der Waals surface area contributed by atoms with Gasteiger partial charge >= 0.3 is 8.80 Å². The van der Waals surface area contributed by atoms with Crippen molar-refractivity contribution in [3.05, 3.63) is 71.3 Å². The van der Waals surface area contributed by atoms with Crippen molar-refractivity contribution in [1.82, 2.24) is 0 Å². The highest BCUT2D eigenvalue weighted by atomic mass is 28.4. The Morgan fingerprint density at radius 3 is 2.32 bits per heavy atom. The van der Waals surface area contributed by atoms with Crippen LogP contribution in [0.2, 0.25) is 6.04 Å². The van der Waals surface area contributed by atoms with E-state index in [0.29, 0.717) is 18.0 Å². The second-order valence-electron chi connectivity index (χ2n) is 7.24. The van der Waals surface area contributed by atoms with Crippen LogP contribution >= 0.6 is 0 Å². The van der Waals surface area contributed by atoms with Crippen LogP contribution in [-0.2, 0) is 24.5 Å². The quantitative estimate of drug-likeness (QED) is 0.387. The molecule has 4 nitrogen and oxygen atoms in total. The number of hydrogen-bond donors (Lipinski definition) is 0. The molecule has 0 N–H and O–H groups in total. The van der Waals surface area contributed by atoms with Crippen molar-refractivity contribution in [1.29, 1.82) is 0 Å². The molecule has 5 heteroatoms. The first-order valence-electron chi connectivity index (χ1n) is 9.51. The molecule has 0 saturated carbocycles. The SMILES string of the molecule is C=C(C)C(=O)C(CC[Si](OC)(OC)OC)c1cccc2c1Cc1ccccc1-2. The first kappa shape index (κ1) is 20.7. The third kappa shape index (κ3) is 3.76. The summed E-state index contributed by atoms with van der Waals surface area (Å²) in [5, 5.41) is 0. The van der Waals surface area contributed by atoms with Crippen LogP contribution in [0.3, 0.4) is 0 Å². The largest absolute Gasteiger partial charge is 0.500 e. The summed E-state index contributed by atoms with van der Waals surface area (Å²) >= 11 is 0. The fourth-order valence-corrected chi connectivity index (χ4v) is 5.87. The van der Waals surface area contributed by atoms with Gasteiger partial charge in [-0.2, -0.15) is 0 Å². The van der Waals surface area contributed by atoms with Crippen LogP contribution in [0.4, 0.5) is 0 Å². The third-order valence-electron chi connectivity index (χ3n) is 5.67. The van der Waals surface area contributed by atoms with Gasteiger partial charge in [0.1, 0.15) is 0 Å². The zero-order valence-electron chi connectivity index (χ0n) is 17.1. The normalized spacial score (nSPS) is 13.7. The second kappa shape index (κ2) is 8.53. The number of benzene rings is 2. The van der Waals surface area contributed by atoms with Crippen LogP contribution in [0, 0.1) is 0 Å². The highest BCUT2D eigenvalue weighted by Gasteiger charge is 2.40. The number of hydrogen-bond acceptors (Lipinski definition) is 4. The first-order valence-corrected chi connectivity index (χ1v) is 11.4. The lowest BCUT2D eigenvalue weighted by Crippen LogP contribution is -2.43. The number of allylic oxidation sites excluding steroid dienone is 1. The van der Waals surface area contributed by atoms with Crippen molar-refractivity contribution >= 4 is 14.6 Å². The lowest BCUT2D eigenvalue weighted by atomic mass is 9.85. The van der Waals surface area contributed by atoms with Gasteiger partial charge in [-0.3, -0.25) is 4.79 Å². The Bertz CT molecular complexity index is 878. The molecule has 28 heavy (non-hydrogen) atoms. The van der Waals surface area contributed by atoms with E-state index in [9.17, 15) is 4.79 Å². The maximum absolute atomic E-state index is 13.1. The average Bonchev–Trinajstić information content (AvgIpc) is 3.10. The van der Waals surface area contributed by atoms with E-state index in [4.69, 9.17) is 13.3 Å². The van der Waals surface area contributed by atoms with Crippen LogP contribution in [-0.4, -0.2) is 35.9 Å². The molecule has 0 amide bonds. The van der Waals surface area contributed by atoms with Gasteiger partial charge in [-0.1, -0.05) is 49.0 Å². The highest BCUT2D eigenvalue weighted by molar-refractivity contribution is 6.60. The van der Waals surface area contributed by atoms with Gasteiger partial charge in [-0.25, -0.2) is 0 Å². The van der Waals surface area contributed by atoms with E-state index < -0.39 is 8.80 Å². The van der Waals surface area contributed by atoms with E-state index in [1.165, 1.54) is 22.3 Å². The molecule has 0 aromatic heterocycles. The van der Waals surface area contributed by atoms with E-state index >= 15 is 0 Å². The van der Waals surface area contributed by atoms with Gasteiger partial charge in [0.25, 0.3) is 0 Å². The van der Waals surface area contributed by atoms with Crippen LogP contribution in [0.15, 0.2) is 54.6 Å². The number of carbonyl (C=O) groups is 1. The van der Waals surface area contributed by atoms with E-state index in [1.54, 1.807) is 28.3 Å². The highest BCUT2D eigenvalue weighted by Crippen LogP contribution is 2.42. The third-order valence-corrected chi connectivity index (χ3v) is 8.44. The maximum Gasteiger partial charge on any atom is 0.500 e. The molecule has 0 radical (unpaired) electrons. The summed E-state index contributed by atoms with van der Waals surface area (Å²) in [4.78, 5) is 13.1. The van der Waals surface area contributed by atoms with Crippen LogP contribution in [0.5, 0.6) is 0 Å². The van der Waals surface area contributed by atoms with E-state index in [-0.39, 0.29) is 11.7 Å². The summed E-state index contributed by atoms with van der Waals surface area (Å²) in [6.45, 7) is 5.69. The van der Waals surface area contributed by atoms with Gasteiger partial charge in [0, 0.05) is 33.3 Å². The molecule has 0 saturated heterocycles. The number of carbonyl (C=O) groups excluding carboxylic acids is 1. The second-order valence-corrected chi connectivity index (χ2v) is 10.3. The minimum absolute atomic E-state index is 0.0653. The number of rotatable bonds is 9. The molecular formula is C23H28O4Si. The molecule has 1 atom stereocenters. The Morgan fingerprint density at radius 2 is 1.68 bits per heavy atom. The van der Waals surface area contributed by atoms with Crippen molar-refractivity contribution in [2.45, 2.75) is 31.7 Å². The summed E-state index contributed by atoms with van der Waals surface area (Å²) in [5.74, 6) is -0.218. The molecule has 0 fully saturated rings. The number of ketones is 1. The molecule has 1 aliphatic carbocycles. The van der Waals surface area contributed by atoms with Gasteiger partial charge in [0.2, 0.25) is 0 Å². The molecule has 1 aliphatic rings. The summed E-state index contributed by atoms with van der Waals surface area (Å²) in [5.41, 5.74) is 6.67. The Balaban J connectivity index is 1.99. The topological polar surface area (TPSA) is 44.8 Å². The van der Waals surface area contributed by atoms with Gasteiger partial charge in [-0.15, -0.1) is 0 Å². The van der Waals surface area contributed by atoms with Gasteiger partial charge in [-0.05, 0) is 53.2 Å². The van der Waals surface area contributed by atoms with Crippen LogP contribution in [0.25, 0.3) is 11.1 Å². The molecule has 3 rings (SSSR count). The molecule has 2 aromatic carbocycles. The summed E-state index contributed by atoms with van der Waals surface area (Å²) < 4.78 is 16.7. The van der Waals surface area contributed by atoms with Crippen molar-refractivity contribution in [2.75, 3.05) is 21.3 Å². The predicted octanol–water partition coefficient (Wildman–Crippen LogP) is 4.75. The summed E-state index contributed by atoms with van der Waals surface area (Å²) in [6.07, 6.45) is 1.45. The summed E-state index contributed by atoms with van der Waals surface area (Å²) in [7, 11) is 2.04. The Hall–Kier alpha value is -2.05. The molecule has 148 valence electrons. The van der Waals surface area contributed by atoms with Crippen LogP contribution < -0.4 is 0 Å². The Morgan fingerprint density at radius 1 is 1.04 bits per heavy atom. The number of Topliss-reactive ketones (excluding diaryl/α,β-unsaturated/α-hetero) is 1. The van der Waals surface area contributed by atoms with E-state index in [2.05, 4.69) is 43.0 Å².